The van der Waals surface area contributed by atoms with Crippen molar-refractivity contribution in [2.75, 3.05) is 50.1 Å². The molecule has 1 fully saturated rings. The molecule has 0 radical (unpaired) electrons. The van der Waals surface area contributed by atoms with Crippen molar-refractivity contribution in [3.8, 4) is 17.1 Å². The number of ether oxygens (including phenoxy) is 1. The normalized spacial score (nSPS) is 14.8. The highest BCUT2D eigenvalue weighted by Crippen LogP contribution is 2.35. The maximum atomic E-state index is 15.5. The molecule has 304 valence electrons. The van der Waals surface area contributed by atoms with E-state index in [0.29, 0.717) is 42.1 Å². The number of hydrogen-bond donors (Lipinski definition) is 2. The number of carbonyl (C=O) groups is 3. The van der Waals surface area contributed by atoms with Crippen molar-refractivity contribution in [3.63, 3.8) is 0 Å². The first kappa shape index (κ1) is 42.5. The second kappa shape index (κ2) is 17.6. The van der Waals surface area contributed by atoms with Crippen LogP contribution in [0.1, 0.15) is 46.2 Å². The lowest BCUT2D eigenvalue weighted by Gasteiger charge is -2.38. The number of allylic oxidation sites excluding steroid dienone is 2. The number of nitrogens with one attached hydrogen (secondary N) is 1. The predicted octanol–water partition coefficient (Wildman–Crippen LogP) is 5.64. The fourth-order valence-corrected chi connectivity index (χ4v) is 6.55. The molecule has 0 saturated carbocycles. The summed E-state index contributed by atoms with van der Waals surface area (Å²) in [7, 11) is 3.03. The van der Waals surface area contributed by atoms with Crippen molar-refractivity contribution in [1.29, 1.82) is 0 Å². The molecule has 4 heterocycles. The summed E-state index contributed by atoms with van der Waals surface area (Å²) in [5, 5.41) is 17.3. The maximum absolute atomic E-state index is 15.5. The van der Waals surface area contributed by atoms with Crippen molar-refractivity contribution in [2.24, 2.45) is 7.05 Å². The molecule has 0 unspecified atom stereocenters. The summed E-state index contributed by atoms with van der Waals surface area (Å²) in [6.07, 6.45) is -2.54. The van der Waals surface area contributed by atoms with Crippen LogP contribution in [0.3, 0.4) is 0 Å². The molecule has 14 nitrogen and oxygen atoms in total. The zero-order valence-electron chi connectivity index (χ0n) is 31.3. The van der Waals surface area contributed by atoms with Crippen LogP contribution >= 0.6 is 11.6 Å². The molecule has 0 atom stereocenters. The first-order valence-electron chi connectivity index (χ1n) is 17.6. The van der Waals surface area contributed by atoms with E-state index in [4.69, 9.17) is 16.3 Å². The first-order chi connectivity index (χ1) is 27.0. The molecule has 1 saturated heterocycles. The molecule has 20 heteroatoms. The van der Waals surface area contributed by atoms with Crippen molar-refractivity contribution in [3.05, 3.63) is 87.2 Å². The second-order valence-corrected chi connectivity index (χ2v) is 13.3. The number of anilines is 2. The topological polar surface area (TPSA) is 159 Å². The van der Waals surface area contributed by atoms with Gasteiger partial charge in [-0.05, 0) is 55.2 Å². The molecule has 2 aromatic heterocycles. The van der Waals surface area contributed by atoms with Gasteiger partial charge >= 0.3 is 12.2 Å². The van der Waals surface area contributed by atoms with Gasteiger partial charge in [0.15, 0.2) is 23.6 Å². The SMILES string of the molecule is CC/C(=C(/C=O)N1CCN(C(=O)c2ncnc(C)c2O)CC1)N(c1nc(-c2ccc3c(c2)CCOC3)nn1C)C(F)(F)C=O.CNc1ccc(C(F)(F)F)cc1Cl. The van der Waals surface area contributed by atoms with Gasteiger partial charge in [0, 0.05) is 45.8 Å². The summed E-state index contributed by atoms with van der Waals surface area (Å²) < 4.78 is 73.9. The smallest absolute Gasteiger partial charge is 0.416 e. The Morgan fingerprint density at radius 2 is 1.74 bits per heavy atom. The largest absolute Gasteiger partial charge is 0.504 e. The van der Waals surface area contributed by atoms with E-state index in [1.807, 2.05) is 12.1 Å². The van der Waals surface area contributed by atoms with E-state index in [2.05, 4.69) is 25.4 Å². The van der Waals surface area contributed by atoms with Crippen LogP contribution in [0.2, 0.25) is 5.02 Å². The molecule has 4 aromatic rings. The summed E-state index contributed by atoms with van der Waals surface area (Å²) >= 11 is 5.57. The third-order valence-corrected chi connectivity index (χ3v) is 9.62. The molecule has 2 N–H and O–H groups in total. The minimum atomic E-state index is -4.34. The Morgan fingerprint density at radius 1 is 1.04 bits per heavy atom. The Kier molecular flexibility index (Phi) is 13.1. The number of nitrogens with zero attached hydrogens (tertiary/aromatic N) is 8. The van der Waals surface area contributed by atoms with E-state index in [9.17, 15) is 32.7 Å². The molecular weight excluding hydrogens is 781 g/mol. The van der Waals surface area contributed by atoms with Crippen molar-refractivity contribution in [2.45, 2.75) is 45.5 Å². The summed E-state index contributed by atoms with van der Waals surface area (Å²) in [6.45, 7) is 4.68. The molecule has 2 aliphatic rings. The summed E-state index contributed by atoms with van der Waals surface area (Å²) in [5.74, 6) is -0.976. The Hall–Kier alpha value is -5.69. The zero-order valence-corrected chi connectivity index (χ0v) is 32.0. The monoisotopic (exact) mass is 819 g/mol. The zero-order chi connectivity index (χ0) is 41.7. The first-order valence-corrected chi connectivity index (χ1v) is 17.9. The fraction of sp³-hybridized carbons (Fsp3) is 0.378. The Morgan fingerprint density at radius 3 is 2.35 bits per heavy atom. The quantitative estimate of drug-likeness (QED) is 0.0880. The number of halogens is 6. The van der Waals surface area contributed by atoms with Crippen molar-refractivity contribution < 1.29 is 46.2 Å². The molecule has 1 amide bonds. The van der Waals surface area contributed by atoms with Crippen molar-refractivity contribution >= 4 is 41.7 Å². The van der Waals surface area contributed by atoms with Gasteiger partial charge in [-0.25, -0.2) is 19.5 Å². The van der Waals surface area contributed by atoms with Crippen LogP contribution < -0.4 is 10.2 Å². The van der Waals surface area contributed by atoms with Crippen LogP contribution in [0.4, 0.5) is 33.6 Å². The number of aromatic hydroxyl groups is 1. The number of fused-ring (bicyclic) bond motifs is 1. The second-order valence-electron chi connectivity index (χ2n) is 12.9. The average molecular weight is 820 g/mol. The van der Waals surface area contributed by atoms with Gasteiger partial charge in [0.1, 0.15) is 6.33 Å². The fourth-order valence-electron chi connectivity index (χ4n) is 6.28. The van der Waals surface area contributed by atoms with Gasteiger partial charge in [-0.15, -0.1) is 5.10 Å². The van der Waals surface area contributed by atoms with Gasteiger partial charge in [-0.1, -0.05) is 30.7 Å². The van der Waals surface area contributed by atoms with E-state index in [1.165, 1.54) is 24.3 Å². The van der Waals surface area contributed by atoms with Gasteiger partial charge in [0.2, 0.25) is 12.2 Å². The molecule has 2 aliphatic heterocycles. The van der Waals surface area contributed by atoms with E-state index < -0.39 is 30.0 Å². The van der Waals surface area contributed by atoms with Crippen molar-refractivity contribution in [1.82, 2.24) is 34.5 Å². The molecule has 0 bridgehead atoms. The van der Waals surface area contributed by atoms with Gasteiger partial charge in [-0.3, -0.25) is 14.4 Å². The number of amides is 1. The highest BCUT2D eigenvalue weighted by atomic mass is 35.5. The number of aldehydes is 2. The van der Waals surface area contributed by atoms with Crippen LogP contribution in [0.25, 0.3) is 11.4 Å². The lowest BCUT2D eigenvalue weighted by molar-refractivity contribution is -0.137. The number of piperazine rings is 1. The third kappa shape index (κ3) is 9.31. The lowest BCUT2D eigenvalue weighted by Crippen LogP contribution is -2.50. The number of benzene rings is 2. The summed E-state index contributed by atoms with van der Waals surface area (Å²) in [4.78, 5) is 52.9. The van der Waals surface area contributed by atoms with Crippen LogP contribution in [0.15, 0.2) is 54.1 Å². The number of carbonyl (C=O) groups excluding carboxylic acids is 3. The predicted molar refractivity (Wildman–Crippen MR) is 199 cm³/mol. The number of aryl methyl sites for hydroxylation is 2. The molecular formula is C37H39ClF5N9O5. The van der Waals surface area contributed by atoms with Crippen LogP contribution in [-0.2, 0) is 40.6 Å². The van der Waals surface area contributed by atoms with E-state index in [-0.39, 0.29) is 77.9 Å². The molecule has 6 rings (SSSR count). The average Bonchev–Trinajstić information content (AvgIpc) is 3.58. The van der Waals surface area contributed by atoms with Crippen LogP contribution in [0, 0.1) is 6.92 Å². The van der Waals surface area contributed by atoms with Gasteiger partial charge < -0.3 is 25.0 Å². The minimum absolute atomic E-state index is 0.0498. The van der Waals surface area contributed by atoms with E-state index in [1.54, 1.807) is 31.9 Å². The van der Waals surface area contributed by atoms with Gasteiger partial charge in [0.25, 0.3) is 5.91 Å². The molecule has 2 aromatic carbocycles. The summed E-state index contributed by atoms with van der Waals surface area (Å²) in [5.41, 5.74) is 2.35. The standard InChI is InChI=1S/C29H32F2N8O5.C8H7ClF3N/c1-4-22(23(14-40)37-8-10-38(11-9-37)27(43)24-25(42)18(2)32-17-33-24)39(29(30,31)16-41)28-34-26(35-36(28)3)20-5-6-21-15-44-12-7-19(21)13-20;1-13-7-3-2-5(4-6(7)9)8(10,11)12/h5-6,13-14,16-17,42H,4,7-12,15H2,1-3H3;2-4,13H,1H3/b23-22+;. The third-order valence-electron chi connectivity index (χ3n) is 9.31. The Labute approximate surface area is 328 Å². The highest BCUT2D eigenvalue weighted by Gasteiger charge is 2.44. The van der Waals surface area contributed by atoms with Crippen LogP contribution in [-0.4, -0.2) is 104 Å². The number of alkyl halides is 5. The van der Waals surface area contributed by atoms with E-state index in [0.717, 1.165) is 27.9 Å². The Bertz CT molecular complexity index is 2160. The molecule has 57 heavy (non-hydrogen) atoms. The molecule has 0 spiro atoms. The number of hydrogen-bond acceptors (Lipinski definition) is 12. The van der Waals surface area contributed by atoms with E-state index >= 15 is 8.78 Å². The minimum Gasteiger partial charge on any atom is -0.504 e. The number of aromatic nitrogens is 5. The summed E-state index contributed by atoms with van der Waals surface area (Å²) in [6, 6.07) is 4.68. The van der Waals surface area contributed by atoms with Gasteiger partial charge in [0.05, 0.1) is 46.6 Å². The lowest BCUT2D eigenvalue weighted by atomic mass is 10.0. The van der Waals surface area contributed by atoms with Crippen LogP contribution in [0.5, 0.6) is 5.75 Å². The number of rotatable bonds is 10. The van der Waals surface area contributed by atoms with Gasteiger partial charge in [-0.2, -0.15) is 26.9 Å². The Balaban J connectivity index is 0.000000405. The molecule has 0 aliphatic carbocycles. The highest BCUT2D eigenvalue weighted by molar-refractivity contribution is 6.33. The maximum Gasteiger partial charge on any atom is 0.416 e.